The number of phenols is 1. The lowest BCUT2D eigenvalue weighted by Crippen LogP contribution is -2.03. The van der Waals surface area contributed by atoms with E-state index in [1.807, 2.05) is 13.8 Å². The number of methoxy groups -OCH3 is 3. The zero-order valence-corrected chi connectivity index (χ0v) is 17.8. The molecule has 1 N–H and O–H groups in total. The van der Waals surface area contributed by atoms with Gasteiger partial charge in [-0.15, -0.1) is 5.10 Å². The largest absolute Gasteiger partial charge is 0.508 e. The van der Waals surface area contributed by atoms with Crippen molar-refractivity contribution in [3.63, 3.8) is 0 Å². The zero-order chi connectivity index (χ0) is 22.1. The van der Waals surface area contributed by atoms with E-state index in [-0.39, 0.29) is 5.75 Å². The second kappa shape index (κ2) is 8.02. The van der Waals surface area contributed by atoms with Gasteiger partial charge in [-0.1, -0.05) is 0 Å². The van der Waals surface area contributed by atoms with Crippen LogP contribution in [0, 0.1) is 13.8 Å². The van der Waals surface area contributed by atoms with E-state index in [1.54, 1.807) is 40.9 Å². The fourth-order valence-electron chi connectivity index (χ4n) is 3.32. The van der Waals surface area contributed by atoms with Gasteiger partial charge >= 0.3 is 0 Å². The van der Waals surface area contributed by atoms with Crippen molar-refractivity contribution in [1.82, 2.24) is 19.6 Å². The number of rotatable bonds is 6. The molecule has 0 spiro atoms. The highest BCUT2D eigenvalue weighted by molar-refractivity contribution is 5.66. The normalized spacial score (nSPS) is 10.9. The molecule has 2 heterocycles. The molecule has 0 fully saturated rings. The van der Waals surface area contributed by atoms with Crippen molar-refractivity contribution in [3.8, 4) is 46.0 Å². The quantitative estimate of drug-likeness (QED) is 0.499. The van der Waals surface area contributed by atoms with Gasteiger partial charge in [0.25, 0.3) is 0 Å². The number of aromatic nitrogens is 4. The van der Waals surface area contributed by atoms with Gasteiger partial charge < -0.3 is 24.1 Å². The van der Waals surface area contributed by atoms with Gasteiger partial charge in [0.05, 0.1) is 27.0 Å². The first-order valence-corrected chi connectivity index (χ1v) is 9.46. The van der Waals surface area contributed by atoms with Crippen LogP contribution in [0.25, 0.3) is 16.9 Å². The molecule has 2 aromatic carbocycles. The molecule has 0 radical (unpaired) electrons. The topological polar surface area (TPSA) is 100 Å². The van der Waals surface area contributed by atoms with Crippen LogP contribution in [0.15, 0.2) is 36.4 Å². The summed E-state index contributed by atoms with van der Waals surface area (Å²) in [5.41, 5.74) is 2.10. The average Bonchev–Trinajstić information content (AvgIpc) is 3.07. The number of ether oxygens (including phenoxy) is 4. The number of hydrogen-bond donors (Lipinski definition) is 1. The van der Waals surface area contributed by atoms with E-state index >= 15 is 0 Å². The number of aromatic hydroxyl groups is 1. The zero-order valence-electron chi connectivity index (χ0n) is 17.8. The highest BCUT2D eigenvalue weighted by atomic mass is 16.5. The predicted molar refractivity (Wildman–Crippen MR) is 114 cm³/mol. The van der Waals surface area contributed by atoms with Crippen molar-refractivity contribution in [2.24, 2.45) is 0 Å². The monoisotopic (exact) mass is 422 g/mol. The maximum atomic E-state index is 9.60. The van der Waals surface area contributed by atoms with E-state index in [0.29, 0.717) is 46.0 Å². The van der Waals surface area contributed by atoms with Gasteiger partial charge in [-0.3, -0.25) is 0 Å². The molecule has 4 aromatic rings. The molecule has 0 aliphatic heterocycles. The molecule has 0 atom stereocenters. The molecule has 0 unspecified atom stereocenters. The molecule has 160 valence electrons. The van der Waals surface area contributed by atoms with E-state index in [2.05, 4.69) is 15.1 Å². The highest BCUT2D eigenvalue weighted by Gasteiger charge is 2.20. The summed E-state index contributed by atoms with van der Waals surface area (Å²) in [6, 6.07) is 10.0. The number of nitrogens with zero attached hydrogens (tertiary/aromatic N) is 4. The van der Waals surface area contributed by atoms with E-state index in [4.69, 9.17) is 18.9 Å². The van der Waals surface area contributed by atoms with E-state index in [1.165, 1.54) is 21.3 Å². The van der Waals surface area contributed by atoms with Gasteiger partial charge in [0, 0.05) is 17.7 Å². The number of hydrogen-bond acceptors (Lipinski definition) is 8. The van der Waals surface area contributed by atoms with Crippen LogP contribution in [-0.2, 0) is 0 Å². The summed E-state index contributed by atoms with van der Waals surface area (Å²) in [6.07, 6.45) is 0. The summed E-state index contributed by atoms with van der Waals surface area (Å²) in [5.74, 6) is 3.44. The second-order valence-electron chi connectivity index (χ2n) is 6.76. The minimum atomic E-state index is 0.161. The van der Waals surface area contributed by atoms with Crippen molar-refractivity contribution in [1.29, 1.82) is 0 Å². The Bertz CT molecular complexity index is 1230. The highest BCUT2D eigenvalue weighted by Crippen LogP contribution is 2.42. The molecule has 0 saturated heterocycles. The molecule has 9 nitrogen and oxygen atoms in total. The third-order valence-corrected chi connectivity index (χ3v) is 4.77. The fourth-order valence-corrected chi connectivity index (χ4v) is 3.32. The Kier molecular flexibility index (Phi) is 5.24. The van der Waals surface area contributed by atoms with Crippen molar-refractivity contribution < 1.29 is 24.1 Å². The summed E-state index contributed by atoms with van der Waals surface area (Å²) in [6.45, 7) is 3.73. The van der Waals surface area contributed by atoms with Crippen LogP contribution in [0.3, 0.4) is 0 Å². The maximum absolute atomic E-state index is 9.60. The van der Waals surface area contributed by atoms with Crippen LogP contribution in [-0.4, -0.2) is 46.0 Å². The third-order valence-electron chi connectivity index (χ3n) is 4.77. The standard InChI is InChI=1S/C22H22N4O5/c1-12-19-22(31-16-10-17(28-3)20(30-5)18(11-16)29-4)24-21(25-26(19)13(2)23-12)14-6-8-15(27)9-7-14/h6-11,27H,1-5H3. The van der Waals surface area contributed by atoms with Gasteiger partial charge in [-0.25, -0.2) is 9.50 Å². The minimum Gasteiger partial charge on any atom is -0.508 e. The summed E-state index contributed by atoms with van der Waals surface area (Å²) < 4.78 is 24.1. The third kappa shape index (κ3) is 3.65. The molecule has 0 amide bonds. The summed E-state index contributed by atoms with van der Waals surface area (Å²) >= 11 is 0. The fraction of sp³-hybridized carbons (Fsp3) is 0.227. The van der Waals surface area contributed by atoms with Crippen LogP contribution in [0.1, 0.15) is 11.5 Å². The summed E-state index contributed by atoms with van der Waals surface area (Å²) in [4.78, 5) is 9.14. The molecular formula is C22H22N4O5. The van der Waals surface area contributed by atoms with Crippen molar-refractivity contribution in [3.05, 3.63) is 47.9 Å². The molecule has 0 saturated carbocycles. The molecule has 0 bridgehead atoms. The Hall–Kier alpha value is -4.01. The molecule has 0 aliphatic rings. The van der Waals surface area contributed by atoms with Crippen LogP contribution >= 0.6 is 0 Å². The van der Waals surface area contributed by atoms with Gasteiger partial charge in [-0.05, 0) is 38.1 Å². The molecular weight excluding hydrogens is 400 g/mol. The van der Waals surface area contributed by atoms with Crippen molar-refractivity contribution in [2.75, 3.05) is 21.3 Å². The minimum absolute atomic E-state index is 0.161. The van der Waals surface area contributed by atoms with E-state index in [0.717, 1.165) is 11.3 Å². The molecule has 0 aliphatic carbocycles. The number of phenolic OH excluding ortho intramolecular Hbond substituents is 1. The van der Waals surface area contributed by atoms with Gasteiger partial charge in [0.15, 0.2) is 22.8 Å². The predicted octanol–water partition coefficient (Wildman–Crippen LogP) is 3.93. The molecule has 4 rings (SSSR count). The second-order valence-corrected chi connectivity index (χ2v) is 6.76. The SMILES string of the molecule is COc1cc(Oc2nc(-c3ccc(O)cc3)nn3c(C)nc(C)c23)cc(OC)c1OC. The number of fused-ring (bicyclic) bond motifs is 1. The van der Waals surface area contributed by atoms with Gasteiger partial charge in [-0.2, -0.15) is 4.98 Å². The van der Waals surface area contributed by atoms with Gasteiger partial charge in [0.1, 0.15) is 17.3 Å². The molecule has 31 heavy (non-hydrogen) atoms. The first kappa shape index (κ1) is 20.3. The van der Waals surface area contributed by atoms with E-state index < -0.39 is 0 Å². The number of benzene rings is 2. The summed E-state index contributed by atoms with van der Waals surface area (Å²) in [7, 11) is 4.62. The molecule has 9 heteroatoms. The summed E-state index contributed by atoms with van der Waals surface area (Å²) in [5, 5.41) is 14.2. The maximum Gasteiger partial charge on any atom is 0.249 e. The van der Waals surface area contributed by atoms with Crippen LogP contribution in [0.2, 0.25) is 0 Å². The number of imidazole rings is 1. The Morgan fingerprint density at radius 2 is 1.52 bits per heavy atom. The van der Waals surface area contributed by atoms with Crippen molar-refractivity contribution in [2.45, 2.75) is 13.8 Å². The lowest BCUT2D eigenvalue weighted by atomic mass is 10.2. The smallest absolute Gasteiger partial charge is 0.249 e. The lowest BCUT2D eigenvalue weighted by Gasteiger charge is -2.15. The van der Waals surface area contributed by atoms with Crippen LogP contribution in [0.4, 0.5) is 0 Å². The van der Waals surface area contributed by atoms with Crippen LogP contribution in [0.5, 0.6) is 34.6 Å². The van der Waals surface area contributed by atoms with Gasteiger partial charge in [0.2, 0.25) is 11.6 Å². The Morgan fingerprint density at radius 3 is 2.10 bits per heavy atom. The molecule has 2 aromatic heterocycles. The van der Waals surface area contributed by atoms with Crippen LogP contribution < -0.4 is 18.9 Å². The first-order chi connectivity index (χ1) is 14.9. The lowest BCUT2D eigenvalue weighted by molar-refractivity contribution is 0.320. The Balaban J connectivity index is 1.88. The Labute approximate surface area is 178 Å². The first-order valence-electron chi connectivity index (χ1n) is 9.46. The number of aryl methyl sites for hydroxylation is 2. The van der Waals surface area contributed by atoms with Crippen molar-refractivity contribution >= 4 is 5.52 Å². The Morgan fingerprint density at radius 1 is 0.871 bits per heavy atom. The van der Waals surface area contributed by atoms with E-state index in [9.17, 15) is 5.11 Å². The average molecular weight is 422 g/mol.